The fourth-order valence-corrected chi connectivity index (χ4v) is 3.56. The van der Waals surface area contributed by atoms with E-state index in [4.69, 9.17) is 4.74 Å². The Labute approximate surface area is 187 Å². The smallest absolute Gasteiger partial charge is 0.101 e. The summed E-state index contributed by atoms with van der Waals surface area (Å²) in [5.74, 6) is 0. The zero-order valence-corrected chi connectivity index (χ0v) is 19.5. The quantitative estimate of drug-likeness (QED) is 0.448. The molecule has 0 radical (unpaired) electrons. The zero-order chi connectivity index (χ0) is 21.9. The van der Waals surface area contributed by atoms with Crippen molar-refractivity contribution < 1.29 is 4.74 Å². The van der Waals surface area contributed by atoms with Crippen LogP contribution in [-0.4, -0.2) is 35.9 Å². The first-order valence-electron chi connectivity index (χ1n) is 10.5. The molecule has 0 bridgehead atoms. The van der Waals surface area contributed by atoms with Gasteiger partial charge in [0.25, 0.3) is 0 Å². The third-order valence-corrected chi connectivity index (χ3v) is 5.60. The molecule has 1 saturated heterocycles. The van der Waals surface area contributed by atoms with Gasteiger partial charge >= 0.3 is 0 Å². The first-order valence-corrected chi connectivity index (χ1v) is 11.0. The van der Waals surface area contributed by atoms with E-state index in [0.717, 1.165) is 36.4 Å². The number of allylic oxidation sites excluding steroid dienone is 4. The number of thiol groups is 1. The molecule has 3 atom stereocenters. The third kappa shape index (κ3) is 7.58. The summed E-state index contributed by atoms with van der Waals surface area (Å²) in [6.45, 7) is 12.8. The average molecular weight is 423 g/mol. The van der Waals surface area contributed by atoms with Crippen LogP contribution in [0.2, 0.25) is 0 Å². The van der Waals surface area contributed by atoms with Gasteiger partial charge in [-0.3, -0.25) is 9.98 Å². The Morgan fingerprint density at radius 3 is 2.43 bits per heavy atom. The van der Waals surface area contributed by atoms with Crippen LogP contribution in [0.3, 0.4) is 0 Å². The van der Waals surface area contributed by atoms with Gasteiger partial charge in [0, 0.05) is 17.9 Å². The van der Waals surface area contributed by atoms with E-state index in [-0.39, 0.29) is 12.2 Å². The molecule has 0 amide bonds. The van der Waals surface area contributed by atoms with E-state index in [1.807, 2.05) is 38.3 Å². The molecule has 1 aromatic rings. The van der Waals surface area contributed by atoms with Crippen LogP contribution in [0.5, 0.6) is 0 Å². The highest BCUT2D eigenvalue weighted by Gasteiger charge is 2.32. The summed E-state index contributed by atoms with van der Waals surface area (Å²) < 4.78 is 5.70. The molecule has 3 aliphatic rings. The van der Waals surface area contributed by atoms with Crippen LogP contribution in [0.25, 0.3) is 0 Å². The van der Waals surface area contributed by atoms with E-state index in [2.05, 4.69) is 79.5 Å². The molecule has 30 heavy (non-hydrogen) atoms. The fourth-order valence-electron chi connectivity index (χ4n) is 3.30. The summed E-state index contributed by atoms with van der Waals surface area (Å²) in [6.07, 6.45) is 12.6. The number of aryl methyl sites for hydroxylation is 1. The Balaban J connectivity index is 0.000000166. The van der Waals surface area contributed by atoms with E-state index < -0.39 is 0 Å². The van der Waals surface area contributed by atoms with Crippen molar-refractivity contribution in [3.05, 3.63) is 83.6 Å². The van der Waals surface area contributed by atoms with Gasteiger partial charge in [-0.2, -0.15) is 12.6 Å². The lowest BCUT2D eigenvalue weighted by atomic mass is 10.1. The second-order valence-corrected chi connectivity index (χ2v) is 8.25. The van der Waals surface area contributed by atoms with Gasteiger partial charge in [-0.05, 0) is 51.3 Å². The lowest BCUT2D eigenvalue weighted by molar-refractivity contribution is 0.0957. The lowest BCUT2D eigenvalue weighted by Crippen LogP contribution is -2.17. The predicted molar refractivity (Wildman–Crippen MR) is 134 cm³/mol. The molecule has 2 aliphatic heterocycles. The average Bonchev–Trinajstić information content (AvgIpc) is 3.46. The number of nitrogens with zero attached hydrogens (tertiary/aromatic N) is 2. The van der Waals surface area contributed by atoms with Gasteiger partial charge in [-0.15, -0.1) is 0 Å². The van der Waals surface area contributed by atoms with Gasteiger partial charge in [0.2, 0.25) is 0 Å². The Bertz CT molecular complexity index is 839. The SMILES string of the molecule is C=C(C)C1=C(N=CC)CC=C1.C[C@@H]1O[C@@H](C2=NCC=C2)C[C@H]1S.Cc1ccccc1. The monoisotopic (exact) mass is 422 g/mol. The van der Waals surface area contributed by atoms with E-state index in [0.29, 0.717) is 5.25 Å². The number of aliphatic imine (C=N–C) groups is 2. The van der Waals surface area contributed by atoms with Gasteiger partial charge in [-0.1, -0.05) is 60.7 Å². The standard InChI is InChI=1S/C10H13N.C9H13NOS.C7H8/c1-4-11-10-7-5-6-9(10)8(2)3;1-6-9(12)5-8(11-6)7-3-2-4-10-7;1-7-5-3-2-4-6-7/h4-6H,2,7H2,1,3H3;2-3,6,8-9,12H,4-5H2,1H3;2-6H,1H3/t;6-,8+,9+;/m.0./s1. The Hall–Kier alpha value is -2.17. The summed E-state index contributed by atoms with van der Waals surface area (Å²) in [5.41, 5.74) is 5.85. The molecule has 160 valence electrons. The van der Waals surface area contributed by atoms with Crippen molar-refractivity contribution in [3.8, 4) is 0 Å². The molecule has 0 N–H and O–H groups in total. The molecule has 0 saturated carbocycles. The van der Waals surface area contributed by atoms with Gasteiger partial charge in [-0.25, -0.2) is 0 Å². The van der Waals surface area contributed by atoms with Crippen LogP contribution in [0.1, 0.15) is 39.2 Å². The second kappa shape index (κ2) is 12.5. The number of rotatable bonds is 3. The van der Waals surface area contributed by atoms with Crippen molar-refractivity contribution in [3.63, 3.8) is 0 Å². The fraction of sp³-hybridized carbons (Fsp3) is 0.385. The van der Waals surface area contributed by atoms with Crippen molar-refractivity contribution in [1.82, 2.24) is 0 Å². The van der Waals surface area contributed by atoms with Crippen LogP contribution in [-0.2, 0) is 4.74 Å². The normalized spacial score (nSPS) is 24.4. The van der Waals surface area contributed by atoms with Gasteiger partial charge in [0.05, 0.1) is 24.1 Å². The third-order valence-electron chi connectivity index (χ3n) is 4.97. The Morgan fingerprint density at radius 1 is 1.23 bits per heavy atom. The molecule has 0 spiro atoms. The van der Waals surface area contributed by atoms with Crippen LogP contribution in [0, 0.1) is 6.92 Å². The number of hydrogen-bond acceptors (Lipinski definition) is 4. The number of hydrogen-bond donors (Lipinski definition) is 1. The van der Waals surface area contributed by atoms with Gasteiger partial charge in [0.15, 0.2) is 0 Å². The molecule has 2 heterocycles. The van der Waals surface area contributed by atoms with Crippen molar-refractivity contribution in [2.45, 2.75) is 58.0 Å². The van der Waals surface area contributed by atoms with Crippen LogP contribution < -0.4 is 0 Å². The van der Waals surface area contributed by atoms with Crippen molar-refractivity contribution in [2.75, 3.05) is 6.54 Å². The lowest BCUT2D eigenvalue weighted by Gasteiger charge is -2.08. The molecular formula is C26H34N2OS. The molecular weight excluding hydrogens is 388 g/mol. The summed E-state index contributed by atoms with van der Waals surface area (Å²) in [6, 6.07) is 10.3. The molecule has 1 fully saturated rings. The minimum absolute atomic E-state index is 0.196. The molecule has 3 nitrogen and oxygen atoms in total. The van der Waals surface area contributed by atoms with E-state index >= 15 is 0 Å². The predicted octanol–water partition coefficient (Wildman–Crippen LogP) is 6.34. The van der Waals surface area contributed by atoms with Gasteiger partial charge in [0.1, 0.15) is 6.10 Å². The zero-order valence-electron chi connectivity index (χ0n) is 18.6. The highest BCUT2D eigenvalue weighted by atomic mass is 32.1. The topological polar surface area (TPSA) is 34.0 Å². The maximum atomic E-state index is 5.70. The molecule has 1 aromatic carbocycles. The van der Waals surface area contributed by atoms with Crippen molar-refractivity contribution in [1.29, 1.82) is 0 Å². The van der Waals surface area contributed by atoms with E-state index in [1.165, 1.54) is 11.1 Å². The van der Waals surface area contributed by atoms with E-state index in [1.54, 1.807) is 0 Å². The maximum absolute atomic E-state index is 5.70. The molecule has 0 aromatic heterocycles. The summed E-state index contributed by atoms with van der Waals surface area (Å²) >= 11 is 4.44. The summed E-state index contributed by atoms with van der Waals surface area (Å²) in [5, 5.41) is 0.367. The van der Waals surface area contributed by atoms with Crippen LogP contribution in [0.15, 0.2) is 88.0 Å². The second-order valence-electron chi connectivity index (χ2n) is 7.59. The minimum Gasteiger partial charge on any atom is -0.368 e. The van der Waals surface area contributed by atoms with Crippen LogP contribution >= 0.6 is 12.6 Å². The maximum Gasteiger partial charge on any atom is 0.101 e. The Morgan fingerprint density at radius 2 is 1.97 bits per heavy atom. The summed E-state index contributed by atoms with van der Waals surface area (Å²) in [4.78, 5) is 8.59. The number of benzene rings is 1. The minimum atomic E-state index is 0.196. The van der Waals surface area contributed by atoms with Crippen molar-refractivity contribution in [2.24, 2.45) is 9.98 Å². The Kier molecular flexibility index (Phi) is 10.0. The molecule has 4 heteroatoms. The van der Waals surface area contributed by atoms with E-state index in [9.17, 15) is 0 Å². The molecule has 0 unspecified atom stereocenters. The van der Waals surface area contributed by atoms with Crippen molar-refractivity contribution >= 4 is 24.6 Å². The highest BCUT2D eigenvalue weighted by molar-refractivity contribution is 7.81. The number of ether oxygens (including phenoxy) is 1. The first-order chi connectivity index (χ1) is 14.4. The summed E-state index contributed by atoms with van der Waals surface area (Å²) in [7, 11) is 0. The molecule has 1 aliphatic carbocycles. The first kappa shape index (κ1) is 24.1. The van der Waals surface area contributed by atoms with Gasteiger partial charge < -0.3 is 4.74 Å². The highest BCUT2D eigenvalue weighted by Crippen LogP contribution is 2.26. The largest absolute Gasteiger partial charge is 0.368 e. The molecule has 4 rings (SSSR count). The van der Waals surface area contributed by atoms with Crippen LogP contribution in [0.4, 0.5) is 0 Å².